The number of hydrogen-bond donors (Lipinski definition) is 1. The Morgan fingerprint density at radius 1 is 1.11 bits per heavy atom. The van der Waals surface area contributed by atoms with Crippen LogP contribution in [-0.4, -0.2) is 15.0 Å². The lowest BCUT2D eigenvalue weighted by Gasteiger charge is -2.08. The Kier molecular flexibility index (Phi) is 2.89. The number of pyridine rings is 1. The largest absolute Gasteiger partial charge is 0.435 e. The van der Waals surface area contributed by atoms with Crippen molar-refractivity contribution in [1.29, 1.82) is 0 Å². The van der Waals surface area contributed by atoms with Crippen LogP contribution in [0.25, 0.3) is 10.9 Å². The first-order valence-corrected chi connectivity index (χ1v) is 5.91. The molecule has 0 fully saturated rings. The first-order chi connectivity index (χ1) is 9.24. The highest BCUT2D eigenvalue weighted by atomic mass is 35.5. The summed E-state index contributed by atoms with van der Waals surface area (Å²) in [6.07, 6.45) is 3.10. The van der Waals surface area contributed by atoms with Gasteiger partial charge in [-0.1, -0.05) is 29.8 Å². The third-order valence-electron chi connectivity index (χ3n) is 2.53. The van der Waals surface area contributed by atoms with Crippen LogP contribution in [0.1, 0.15) is 0 Å². The molecule has 0 radical (unpaired) electrons. The molecule has 3 rings (SSSR count). The monoisotopic (exact) mass is 272 g/mol. The summed E-state index contributed by atoms with van der Waals surface area (Å²) in [6.45, 7) is 0. The molecule has 0 unspecified atom stereocenters. The minimum atomic E-state index is 0.104. The van der Waals surface area contributed by atoms with E-state index >= 15 is 0 Å². The second kappa shape index (κ2) is 4.70. The van der Waals surface area contributed by atoms with Crippen molar-refractivity contribution in [3.8, 4) is 11.6 Å². The van der Waals surface area contributed by atoms with Gasteiger partial charge in [0.05, 0.1) is 6.20 Å². The minimum Gasteiger partial charge on any atom is -0.435 e. The number of nitrogens with zero attached hydrogens (tertiary/aromatic N) is 3. The Bertz CT molecular complexity index is 742. The maximum atomic E-state index is 5.97. The van der Waals surface area contributed by atoms with Crippen molar-refractivity contribution in [2.45, 2.75) is 0 Å². The van der Waals surface area contributed by atoms with E-state index in [2.05, 4.69) is 15.0 Å². The Morgan fingerprint density at radius 2 is 1.95 bits per heavy atom. The zero-order valence-corrected chi connectivity index (χ0v) is 10.5. The van der Waals surface area contributed by atoms with Crippen LogP contribution >= 0.6 is 11.6 Å². The molecule has 0 saturated carbocycles. The van der Waals surface area contributed by atoms with E-state index in [0.29, 0.717) is 10.8 Å². The van der Waals surface area contributed by atoms with E-state index in [1.807, 2.05) is 24.3 Å². The van der Waals surface area contributed by atoms with E-state index in [9.17, 15) is 0 Å². The zero-order valence-electron chi connectivity index (χ0n) is 9.75. The van der Waals surface area contributed by atoms with Gasteiger partial charge in [-0.25, -0.2) is 4.98 Å². The van der Waals surface area contributed by atoms with Gasteiger partial charge in [0.2, 0.25) is 11.8 Å². The topological polar surface area (TPSA) is 73.9 Å². The summed E-state index contributed by atoms with van der Waals surface area (Å²) in [4.78, 5) is 12.0. The fourth-order valence-electron chi connectivity index (χ4n) is 1.70. The zero-order chi connectivity index (χ0) is 13.2. The molecule has 19 heavy (non-hydrogen) atoms. The normalized spacial score (nSPS) is 10.6. The highest BCUT2D eigenvalue weighted by Crippen LogP contribution is 2.31. The van der Waals surface area contributed by atoms with Gasteiger partial charge in [0.15, 0.2) is 5.75 Å². The van der Waals surface area contributed by atoms with Crippen LogP contribution in [0.2, 0.25) is 5.02 Å². The summed E-state index contributed by atoms with van der Waals surface area (Å²) in [5.74, 6) is 0.887. The third-order valence-corrected chi connectivity index (χ3v) is 2.79. The van der Waals surface area contributed by atoms with E-state index in [1.165, 1.54) is 6.20 Å². The average Bonchev–Trinajstić information content (AvgIpc) is 2.43. The van der Waals surface area contributed by atoms with Gasteiger partial charge in [0.25, 0.3) is 0 Å². The van der Waals surface area contributed by atoms with Crippen LogP contribution in [0.3, 0.4) is 0 Å². The van der Waals surface area contributed by atoms with Crippen molar-refractivity contribution in [3.05, 3.63) is 47.7 Å². The number of para-hydroxylation sites is 1. The van der Waals surface area contributed by atoms with Crippen LogP contribution in [0.15, 0.2) is 42.7 Å². The van der Waals surface area contributed by atoms with Gasteiger partial charge in [0.1, 0.15) is 10.5 Å². The number of aromatic nitrogens is 3. The molecule has 94 valence electrons. The standard InChI is InChI=1S/C13H9ClN4O/c14-9-7-17-13(15)18-12(9)19-10-5-1-3-8-4-2-6-16-11(8)10/h1-7H,(H2,15,17,18). The number of fused-ring (bicyclic) bond motifs is 1. The average molecular weight is 273 g/mol. The first-order valence-electron chi connectivity index (χ1n) is 5.53. The smallest absolute Gasteiger partial charge is 0.243 e. The molecule has 0 amide bonds. The summed E-state index contributed by atoms with van der Waals surface area (Å²) >= 11 is 5.97. The molecule has 0 bridgehead atoms. The molecule has 0 atom stereocenters. The predicted octanol–water partition coefficient (Wildman–Crippen LogP) is 3.05. The van der Waals surface area contributed by atoms with E-state index in [1.54, 1.807) is 12.3 Å². The van der Waals surface area contributed by atoms with Crippen LogP contribution < -0.4 is 10.5 Å². The van der Waals surface area contributed by atoms with Crippen molar-refractivity contribution < 1.29 is 4.74 Å². The second-order valence-corrected chi connectivity index (χ2v) is 4.22. The molecule has 0 aliphatic rings. The molecule has 0 aliphatic heterocycles. The van der Waals surface area contributed by atoms with E-state index in [4.69, 9.17) is 22.1 Å². The van der Waals surface area contributed by atoms with Crippen molar-refractivity contribution in [1.82, 2.24) is 15.0 Å². The lowest BCUT2D eigenvalue weighted by Crippen LogP contribution is -1.97. The fourth-order valence-corrected chi connectivity index (χ4v) is 1.83. The molecule has 0 saturated heterocycles. The van der Waals surface area contributed by atoms with Crippen molar-refractivity contribution in [2.24, 2.45) is 0 Å². The SMILES string of the molecule is Nc1ncc(Cl)c(Oc2cccc3cccnc23)n1. The molecule has 6 heteroatoms. The molecule has 2 aromatic heterocycles. The summed E-state index contributed by atoms with van der Waals surface area (Å²) in [5, 5.41) is 1.26. The van der Waals surface area contributed by atoms with Crippen LogP contribution in [0.5, 0.6) is 11.6 Å². The second-order valence-electron chi connectivity index (χ2n) is 3.81. The molecular formula is C13H9ClN4O. The number of benzene rings is 1. The van der Waals surface area contributed by atoms with Crippen molar-refractivity contribution >= 4 is 28.5 Å². The third kappa shape index (κ3) is 2.28. The Labute approximate surface area is 114 Å². The van der Waals surface area contributed by atoms with Gasteiger partial charge >= 0.3 is 0 Å². The van der Waals surface area contributed by atoms with Crippen LogP contribution in [0.4, 0.5) is 5.95 Å². The molecule has 0 spiro atoms. The van der Waals surface area contributed by atoms with Gasteiger partial charge in [-0.05, 0) is 12.1 Å². The molecule has 5 nitrogen and oxygen atoms in total. The molecule has 3 aromatic rings. The summed E-state index contributed by atoms with van der Waals surface area (Å²) < 4.78 is 5.68. The number of rotatable bonds is 2. The molecular weight excluding hydrogens is 264 g/mol. The molecule has 2 N–H and O–H groups in total. The van der Waals surface area contributed by atoms with Crippen molar-refractivity contribution in [2.75, 3.05) is 5.73 Å². The number of nitrogen functional groups attached to an aromatic ring is 1. The number of anilines is 1. The quantitative estimate of drug-likeness (QED) is 0.776. The number of halogens is 1. The molecule has 2 heterocycles. The van der Waals surface area contributed by atoms with Crippen molar-refractivity contribution in [3.63, 3.8) is 0 Å². The fraction of sp³-hybridized carbons (Fsp3) is 0. The van der Waals surface area contributed by atoms with E-state index in [-0.39, 0.29) is 11.8 Å². The van der Waals surface area contributed by atoms with E-state index in [0.717, 1.165) is 10.9 Å². The number of nitrogens with two attached hydrogens (primary N) is 1. The Morgan fingerprint density at radius 3 is 2.84 bits per heavy atom. The van der Waals surface area contributed by atoms with Gasteiger partial charge in [-0.2, -0.15) is 4.98 Å². The molecule has 1 aromatic carbocycles. The summed E-state index contributed by atoms with van der Waals surface area (Å²) in [5.41, 5.74) is 6.25. The maximum Gasteiger partial charge on any atom is 0.243 e. The lowest BCUT2D eigenvalue weighted by molar-refractivity contribution is 0.467. The number of hydrogen-bond acceptors (Lipinski definition) is 5. The summed E-state index contributed by atoms with van der Waals surface area (Å²) in [6, 6.07) is 9.43. The highest BCUT2D eigenvalue weighted by Gasteiger charge is 2.09. The van der Waals surface area contributed by atoms with E-state index < -0.39 is 0 Å². The summed E-state index contributed by atoms with van der Waals surface area (Å²) in [7, 11) is 0. The first kappa shape index (κ1) is 11.7. The van der Waals surface area contributed by atoms with Gasteiger partial charge in [0, 0.05) is 11.6 Å². The predicted molar refractivity (Wildman–Crippen MR) is 73.3 cm³/mol. The van der Waals surface area contributed by atoms with Crippen LogP contribution in [-0.2, 0) is 0 Å². The Hall–Kier alpha value is -2.40. The van der Waals surface area contributed by atoms with Gasteiger partial charge in [-0.15, -0.1) is 0 Å². The Balaban J connectivity index is 2.08. The number of ether oxygens (including phenoxy) is 1. The van der Waals surface area contributed by atoms with Gasteiger partial charge in [-0.3, -0.25) is 4.98 Å². The van der Waals surface area contributed by atoms with Crippen LogP contribution in [0, 0.1) is 0 Å². The lowest BCUT2D eigenvalue weighted by atomic mass is 10.2. The maximum absolute atomic E-state index is 5.97. The van der Waals surface area contributed by atoms with Gasteiger partial charge < -0.3 is 10.5 Å². The minimum absolute atomic E-state index is 0.104. The highest BCUT2D eigenvalue weighted by molar-refractivity contribution is 6.31. The molecule has 0 aliphatic carbocycles.